The van der Waals surface area contributed by atoms with Gasteiger partial charge in [-0.15, -0.1) is 0 Å². The third-order valence-electron chi connectivity index (χ3n) is 2.28. The van der Waals surface area contributed by atoms with E-state index in [1.807, 2.05) is 0 Å². The molecule has 0 bridgehead atoms. The quantitative estimate of drug-likeness (QED) is 0.694. The van der Waals surface area contributed by atoms with Gasteiger partial charge in [-0.3, -0.25) is 0 Å². The summed E-state index contributed by atoms with van der Waals surface area (Å²) in [7, 11) is -1.67. The zero-order valence-corrected chi connectivity index (χ0v) is 10.8. The monoisotopic (exact) mass is 208 g/mol. The molecule has 0 heterocycles. The Labute approximate surface area is 88.2 Å². The average molecular weight is 208 g/mol. The van der Waals surface area contributed by atoms with Crippen molar-refractivity contribution in [3.8, 4) is 0 Å². The highest BCUT2D eigenvalue weighted by atomic mass is 28.4. The molecule has 0 fully saturated rings. The Hall–Kier alpha value is -0.603. The molecular formula is C12H20OSi. The molecule has 0 N–H and O–H groups in total. The summed E-state index contributed by atoms with van der Waals surface area (Å²) < 4.78 is 6.00. The molecule has 0 aliphatic heterocycles. The summed E-state index contributed by atoms with van der Waals surface area (Å²) in [6, 6.07) is 8.72. The molecule has 1 nitrogen and oxygen atoms in total. The van der Waals surface area contributed by atoms with Crippen LogP contribution in [-0.4, -0.2) is 14.4 Å². The first-order valence-electron chi connectivity index (χ1n) is 5.17. The second-order valence-electron chi connectivity index (χ2n) is 4.54. The SMILES string of the molecule is Cc1ccc([Si](C)(C)OC(C)C)cc1. The molecule has 0 saturated carbocycles. The number of rotatable bonds is 3. The molecule has 0 radical (unpaired) electrons. The predicted molar refractivity (Wildman–Crippen MR) is 64.5 cm³/mol. The molecule has 2 heteroatoms. The maximum absolute atomic E-state index is 6.00. The second kappa shape index (κ2) is 4.28. The van der Waals surface area contributed by atoms with Crippen molar-refractivity contribution in [1.29, 1.82) is 0 Å². The molecule has 14 heavy (non-hydrogen) atoms. The van der Waals surface area contributed by atoms with Crippen molar-refractivity contribution < 1.29 is 4.43 Å². The van der Waals surface area contributed by atoms with Gasteiger partial charge in [0.1, 0.15) is 0 Å². The molecular weight excluding hydrogens is 188 g/mol. The molecule has 0 aromatic heterocycles. The van der Waals surface area contributed by atoms with E-state index in [2.05, 4.69) is 58.1 Å². The molecule has 1 aromatic rings. The zero-order chi connectivity index (χ0) is 10.8. The van der Waals surface area contributed by atoms with Crippen LogP contribution in [-0.2, 0) is 4.43 Å². The lowest BCUT2D eigenvalue weighted by Gasteiger charge is -2.26. The van der Waals surface area contributed by atoms with Crippen molar-refractivity contribution in [3.63, 3.8) is 0 Å². The first kappa shape index (κ1) is 11.5. The lowest BCUT2D eigenvalue weighted by atomic mass is 10.2. The van der Waals surface area contributed by atoms with Crippen LogP contribution in [0.5, 0.6) is 0 Å². The van der Waals surface area contributed by atoms with Crippen LogP contribution >= 0.6 is 0 Å². The van der Waals surface area contributed by atoms with Gasteiger partial charge in [-0.1, -0.05) is 29.8 Å². The van der Waals surface area contributed by atoms with Gasteiger partial charge in [0, 0.05) is 6.10 Å². The Morgan fingerprint density at radius 3 is 2.00 bits per heavy atom. The summed E-state index contributed by atoms with van der Waals surface area (Å²) in [4.78, 5) is 0. The van der Waals surface area contributed by atoms with Crippen LogP contribution in [0.2, 0.25) is 13.1 Å². The van der Waals surface area contributed by atoms with Crippen LogP contribution in [0, 0.1) is 6.92 Å². The normalized spacial score (nSPS) is 12.1. The predicted octanol–water partition coefficient (Wildman–Crippen LogP) is 2.83. The molecule has 1 aromatic carbocycles. The van der Waals surface area contributed by atoms with Gasteiger partial charge in [0.25, 0.3) is 0 Å². The van der Waals surface area contributed by atoms with Crippen LogP contribution in [0.15, 0.2) is 24.3 Å². The van der Waals surface area contributed by atoms with Gasteiger partial charge in [0.15, 0.2) is 0 Å². The third kappa shape index (κ3) is 2.96. The highest BCUT2D eigenvalue weighted by molar-refractivity contribution is 6.84. The van der Waals surface area contributed by atoms with E-state index in [-0.39, 0.29) is 0 Å². The highest BCUT2D eigenvalue weighted by Crippen LogP contribution is 2.09. The van der Waals surface area contributed by atoms with Gasteiger partial charge in [-0.25, -0.2) is 0 Å². The smallest absolute Gasteiger partial charge is 0.218 e. The number of benzene rings is 1. The van der Waals surface area contributed by atoms with E-state index < -0.39 is 8.32 Å². The molecule has 0 amide bonds. The molecule has 0 aliphatic rings. The highest BCUT2D eigenvalue weighted by Gasteiger charge is 2.25. The van der Waals surface area contributed by atoms with Crippen molar-refractivity contribution in [3.05, 3.63) is 29.8 Å². The van der Waals surface area contributed by atoms with Gasteiger partial charge in [0.05, 0.1) is 0 Å². The van der Waals surface area contributed by atoms with E-state index in [1.54, 1.807) is 0 Å². The van der Waals surface area contributed by atoms with Gasteiger partial charge >= 0.3 is 0 Å². The Kier molecular flexibility index (Phi) is 3.51. The fourth-order valence-electron chi connectivity index (χ4n) is 1.61. The Bertz CT molecular complexity index is 288. The number of hydrogen-bond acceptors (Lipinski definition) is 1. The second-order valence-corrected chi connectivity index (χ2v) is 8.38. The maximum atomic E-state index is 6.00. The molecule has 0 atom stereocenters. The zero-order valence-electron chi connectivity index (χ0n) is 9.79. The fraction of sp³-hybridized carbons (Fsp3) is 0.500. The van der Waals surface area contributed by atoms with Gasteiger partial charge in [-0.05, 0) is 39.1 Å². The summed E-state index contributed by atoms with van der Waals surface area (Å²) in [5, 5.41) is 1.37. The van der Waals surface area contributed by atoms with Crippen molar-refractivity contribution in [1.82, 2.24) is 0 Å². The summed E-state index contributed by atoms with van der Waals surface area (Å²) >= 11 is 0. The first-order chi connectivity index (χ1) is 6.42. The molecule has 0 aliphatic carbocycles. The Morgan fingerprint density at radius 1 is 1.07 bits per heavy atom. The van der Waals surface area contributed by atoms with E-state index in [0.29, 0.717) is 6.10 Å². The van der Waals surface area contributed by atoms with Crippen LogP contribution in [0.4, 0.5) is 0 Å². The molecule has 0 spiro atoms. The van der Waals surface area contributed by atoms with Gasteiger partial charge < -0.3 is 4.43 Å². The summed E-state index contributed by atoms with van der Waals surface area (Å²) in [6.45, 7) is 10.8. The summed E-state index contributed by atoms with van der Waals surface area (Å²) in [5.74, 6) is 0. The maximum Gasteiger partial charge on any atom is 0.218 e. The van der Waals surface area contributed by atoms with E-state index >= 15 is 0 Å². The molecule has 1 rings (SSSR count). The van der Waals surface area contributed by atoms with E-state index in [1.165, 1.54) is 10.8 Å². The van der Waals surface area contributed by atoms with E-state index in [9.17, 15) is 0 Å². The fourth-order valence-corrected chi connectivity index (χ4v) is 3.90. The molecule has 78 valence electrons. The first-order valence-corrected chi connectivity index (χ1v) is 8.07. The minimum Gasteiger partial charge on any atom is -0.411 e. The lowest BCUT2D eigenvalue weighted by Crippen LogP contribution is -2.46. The minimum atomic E-state index is -1.67. The molecule has 0 saturated heterocycles. The lowest BCUT2D eigenvalue weighted by molar-refractivity contribution is 0.238. The minimum absolute atomic E-state index is 0.318. The van der Waals surface area contributed by atoms with Gasteiger partial charge in [0.2, 0.25) is 8.32 Å². The standard InChI is InChI=1S/C12H20OSi/c1-10(2)13-14(4,5)12-8-6-11(3)7-9-12/h6-10H,1-5H3. The average Bonchev–Trinajstić information content (AvgIpc) is 2.02. The summed E-state index contributed by atoms with van der Waals surface area (Å²) in [5.41, 5.74) is 1.31. The Morgan fingerprint density at radius 2 is 1.57 bits per heavy atom. The molecule has 0 unspecified atom stereocenters. The van der Waals surface area contributed by atoms with E-state index in [0.717, 1.165) is 0 Å². The summed E-state index contributed by atoms with van der Waals surface area (Å²) in [6.07, 6.45) is 0.318. The van der Waals surface area contributed by atoms with Crippen LogP contribution in [0.1, 0.15) is 19.4 Å². The van der Waals surface area contributed by atoms with Crippen molar-refractivity contribution >= 4 is 13.5 Å². The van der Waals surface area contributed by atoms with Gasteiger partial charge in [-0.2, -0.15) is 0 Å². The van der Waals surface area contributed by atoms with Crippen LogP contribution in [0.25, 0.3) is 0 Å². The number of hydrogen-bond donors (Lipinski definition) is 0. The number of aryl methyl sites for hydroxylation is 1. The van der Waals surface area contributed by atoms with Crippen LogP contribution in [0.3, 0.4) is 0 Å². The van der Waals surface area contributed by atoms with Crippen molar-refractivity contribution in [2.24, 2.45) is 0 Å². The Balaban J connectivity index is 2.86. The van der Waals surface area contributed by atoms with Crippen molar-refractivity contribution in [2.45, 2.75) is 40.0 Å². The van der Waals surface area contributed by atoms with Crippen LogP contribution < -0.4 is 5.19 Å². The largest absolute Gasteiger partial charge is 0.411 e. The van der Waals surface area contributed by atoms with E-state index in [4.69, 9.17) is 4.43 Å². The topological polar surface area (TPSA) is 9.23 Å². The van der Waals surface area contributed by atoms with Crippen molar-refractivity contribution in [2.75, 3.05) is 0 Å². The third-order valence-corrected chi connectivity index (χ3v) is 5.06.